The van der Waals surface area contributed by atoms with Crippen molar-refractivity contribution in [2.45, 2.75) is 32.7 Å². The third kappa shape index (κ3) is 2.50. The molecule has 0 spiro atoms. The Hall–Kier alpha value is -3.03. The Morgan fingerprint density at radius 2 is 2.16 bits per heavy atom. The summed E-state index contributed by atoms with van der Waals surface area (Å²) < 4.78 is 1.62. The number of aromatic nitrogens is 3. The molecule has 0 saturated heterocycles. The van der Waals surface area contributed by atoms with Gasteiger partial charge in [-0.05, 0) is 17.4 Å². The fraction of sp³-hybridized carbons (Fsp3) is 0.353. The molecule has 1 atom stereocenters. The fourth-order valence-corrected chi connectivity index (χ4v) is 3.67. The molecule has 128 valence electrons. The monoisotopic (exact) mass is 339 g/mol. The van der Waals surface area contributed by atoms with E-state index >= 15 is 0 Å². The van der Waals surface area contributed by atoms with Gasteiger partial charge in [-0.25, -0.2) is 4.68 Å². The number of nitro benzene ring substituents is 1. The molecule has 25 heavy (non-hydrogen) atoms. The van der Waals surface area contributed by atoms with Crippen molar-refractivity contribution in [3.05, 3.63) is 57.5 Å². The summed E-state index contributed by atoms with van der Waals surface area (Å²) in [6.45, 7) is 4.11. The van der Waals surface area contributed by atoms with Crippen LogP contribution in [0.25, 0.3) is 0 Å². The van der Waals surface area contributed by atoms with Crippen molar-refractivity contribution in [1.82, 2.24) is 14.8 Å². The molecule has 1 unspecified atom stereocenters. The minimum atomic E-state index is -0.503. The maximum Gasteiger partial charge on any atom is 0.269 e. The summed E-state index contributed by atoms with van der Waals surface area (Å²) in [6.07, 6.45) is 2.57. The summed E-state index contributed by atoms with van der Waals surface area (Å²) in [5.74, 6) is 0.581. The molecule has 0 radical (unpaired) electrons. The highest BCUT2D eigenvalue weighted by Crippen LogP contribution is 2.45. The molecule has 1 N–H and O–H groups in total. The second-order valence-corrected chi connectivity index (χ2v) is 7.24. The number of nitrogens with zero attached hydrogens (tertiary/aromatic N) is 4. The maximum absolute atomic E-state index is 12.9. The highest BCUT2D eigenvalue weighted by Gasteiger charge is 2.41. The van der Waals surface area contributed by atoms with Gasteiger partial charge in [0.15, 0.2) is 5.78 Å². The van der Waals surface area contributed by atoms with Crippen molar-refractivity contribution in [2.24, 2.45) is 5.41 Å². The van der Waals surface area contributed by atoms with Crippen molar-refractivity contribution < 1.29 is 9.72 Å². The predicted molar refractivity (Wildman–Crippen MR) is 89.9 cm³/mol. The van der Waals surface area contributed by atoms with Gasteiger partial charge in [0.2, 0.25) is 5.95 Å². The van der Waals surface area contributed by atoms with Gasteiger partial charge in [0.25, 0.3) is 5.69 Å². The van der Waals surface area contributed by atoms with Crippen LogP contribution in [0.4, 0.5) is 11.6 Å². The number of ketones is 1. The van der Waals surface area contributed by atoms with E-state index in [1.54, 1.807) is 16.8 Å². The standard InChI is InChI=1S/C17H17N5O3/c1-17(2)7-12-14(13(23)8-17)15(21-16(20-12)18-9-19-21)10-4-3-5-11(6-10)22(24)25/h3-6,9,15H,7-8H2,1-2H3,(H,18,19,20). The number of hydrogen-bond acceptors (Lipinski definition) is 6. The third-order valence-electron chi connectivity index (χ3n) is 4.67. The van der Waals surface area contributed by atoms with Crippen LogP contribution < -0.4 is 5.32 Å². The molecule has 8 heteroatoms. The highest BCUT2D eigenvalue weighted by molar-refractivity contribution is 6.00. The van der Waals surface area contributed by atoms with Crippen LogP contribution in [0.2, 0.25) is 0 Å². The van der Waals surface area contributed by atoms with Gasteiger partial charge in [-0.2, -0.15) is 10.1 Å². The van der Waals surface area contributed by atoms with Gasteiger partial charge in [-0.1, -0.05) is 26.0 Å². The topological polar surface area (TPSA) is 103 Å². The Morgan fingerprint density at radius 3 is 2.92 bits per heavy atom. The number of carbonyl (C=O) groups is 1. The van der Waals surface area contributed by atoms with Gasteiger partial charge in [0.05, 0.1) is 4.92 Å². The average molecular weight is 339 g/mol. The summed E-state index contributed by atoms with van der Waals surface area (Å²) in [5, 5.41) is 18.6. The Balaban J connectivity index is 1.90. The molecule has 0 saturated carbocycles. The molecule has 1 aliphatic heterocycles. The number of fused-ring (bicyclic) bond motifs is 1. The molecule has 0 fully saturated rings. The number of nitro groups is 1. The molecule has 0 bridgehead atoms. The summed E-state index contributed by atoms with van der Waals surface area (Å²) in [4.78, 5) is 27.8. The van der Waals surface area contributed by atoms with E-state index in [4.69, 9.17) is 0 Å². The lowest BCUT2D eigenvalue weighted by Gasteiger charge is -2.38. The second kappa shape index (κ2) is 5.23. The van der Waals surface area contributed by atoms with E-state index in [-0.39, 0.29) is 16.9 Å². The Morgan fingerprint density at radius 1 is 1.36 bits per heavy atom. The summed E-state index contributed by atoms with van der Waals surface area (Å²) in [6, 6.07) is 5.85. The van der Waals surface area contributed by atoms with Crippen molar-refractivity contribution >= 4 is 17.4 Å². The molecular weight excluding hydrogens is 322 g/mol. The van der Waals surface area contributed by atoms with Crippen LogP contribution in [-0.4, -0.2) is 25.5 Å². The van der Waals surface area contributed by atoms with Gasteiger partial charge < -0.3 is 5.32 Å². The lowest BCUT2D eigenvalue weighted by Crippen LogP contribution is -2.36. The van der Waals surface area contributed by atoms with Crippen LogP contribution in [-0.2, 0) is 4.79 Å². The summed E-state index contributed by atoms with van der Waals surface area (Å²) >= 11 is 0. The van der Waals surface area contributed by atoms with Crippen LogP contribution >= 0.6 is 0 Å². The smallest absolute Gasteiger partial charge is 0.269 e. The van der Waals surface area contributed by atoms with Crippen LogP contribution in [0.5, 0.6) is 0 Å². The molecule has 2 aromatic rings. The molecular formula is C17H17N5O3. The summed E-state index contributed by atoms with van der Waals surface area (Å²) in [5.41, 5.74) is 1.96. The van der Waals surface area contributed by atoms with Crippen LogP contribution in [0.3, 0.4) is 0 Å². The maximum atomic E-state index is 12.9. The van der Waals surface area contributed by atoms with Crippen molar-refractivity contribution in [2.75, 3.05) is 5.32 Å². The first kappa shape index (κ1) is 15.5. The lowest BCUT2D eigenvalue weighted by atomic mass is 9.73. The van der Waals surface area contributed by atoms with Crippen LogP contribution in [0.15, 0.2) is 41.9 Å². The normalized spacial score (nSPS) is 21.4. The van der Waals surface area contributed by atoms with Gasteiger partial charge in [0, 0.05) is 29.8 Å². The van der Waals surface area contributed by atoms with Crippen molar-refractivity contribution in [3.8, 4) is 0 Å². The molecule has 1 aromatic carbocycles. The third-order valence-corrected chi connectivity index (χ3v) is 4.67. The minimum absolute atomic E-state index is 0.0107. The van der Waals surface area contributed by atoms with Gasteiger partial charge in [0.1, 0.15) is 12.4 Å². The van der Waals surface area contributed by atoms with E-state index in [0.29, 0.717) is 29.9 Å². The largest absolute Gasteiger partial charge is 0.328 e. The molecule has 8 nitrogen and oxygen atoms in total. The second-order valence-electron chi connectivity index (χ2n) is 7.24. The first-order valence-electron chi connectivity index (χ1n) is 8.03. The quantitative estimate of drug-likeness (QED) is 0.666. The van der Waals surface area contributed by atoms with E-state index < -0.39 is 11.0 Å². The molecule has 4 rings (SSSR count). The number of benzene rings is 1. The average Bonchev–Trinajstić information content (AvgIpc) is 2.99. The van der Waals surface area contributed by atoms with E-state index in [1.807, 2.05) is 0 Å². The van der Waals surface area contributed by atoms with Gasteiger partial charge in [-0.3, -0.25) is 14.9 Å². The number of non-ortho nitro benzene ring substituents is 1. The number of rotatable bonds is 2. The van der Waals surface area contributed by atoms with E-state index in [9.17, 15) is 14.9 Å². The van der Waals surface area contributed by atoms with Crippen LogP contribution in [0, 0.1) is 15.5 Å². The Labute approximate surface area is 143 Å². The zero-order valence-corrected chi connectivity index (χ0v) is 13.9. The molecule has 2 heterocycles. The highest BCUT2D eigenvalue weighted by atomic mass is 16.6. The minimum Gasteiger partial charge on any atom is -0.328 e. The summed E-state index contributed by atoms with van der Waals surface area (Å²) in [7, 11) is 0. The van der Waals surface area contributed by atoms with Crippen molar-refractivity contribution in [3.63, 3.8) is 0 Å². The van der Waals surface area contributed by atoms with E-state index in [2.05, 4.69) is 29.2 Å². The first-order valence-corrected chi connectivity index (χ1v) is 8.03. The molecule has 1 aliphatic carbocycles. The lowest BCUT2D eigenvalue weighted by molar-refractivity contribution is -0.384. The molecule has 0 amide bonds. The van der Waals surface area contributed by atoms with Gasteiger partial charge >= 0.3 is 0 Å². The SMILES string of the molecule is CC1(C)CC(=O)C2=C(C1)Nc1ncnn1C2c1cccc([N+](=O)[O-])c1. The Bertz CT molecular complexity index is 928. The number of hydrogen-bond donors (Lipinski definition) is 1. The number of allylic oxidation sites excluding steroid dienone is 2. The fourth-order valence-electron chi connectivity index (χ4n) is 3.67. The van der Waals surface area contributed by atoms with Crippen LogP contribution in [0.1, 0.15) is 38.3 Å². The first-order chi connectivity index (χ1) is 11.9. The van der Waals surface area contributed by atoms with E-state index in [0.717, 1.165) is 5.70 Å². The number of anilines is 1. The predicted octanol–water partition coefficient (Wildman–Crippen LogP) is 2.84. The number of Topliss-reactive ketones (excluding diaryl/α,β-unsaturated/α-hetero) is 1. The number of carbonyl (C=O) groups excluding carboxylic acids is 1. The Kier molecular flexibility index (Phi) is 3.24. The molecule has 2 aliphatic rings. The van der Waals surface area contributed by atoms with E-state index in [1.165, 1.54) is 18.5 Å². The zero-order valence-electron chi connectivity index (χ0n) is 13.9. The van der Waals surface area contributed by atoms with Gasteiger partial charge in [-0.15, -0.1) is 0 Å². The molecule has 1 aromatic heterocycles. The van der Waals surface area contributed by atoms with Crippen molar-refractivity contribution in [1.29, 1.82) is 0 Å². The number of nitrogens with one attached hydrogen (secondary N) is 1. The zero-order chi connectivity index (χ0) is 17.8.